The third-order valence-corrected chi connectivity index (χ3v) is 3.50. The molecule has 0 aliphatic carbocycles. The number of benzene rings is 2. The summed E-state index contributed by atoms with van der Waals surface area (Å²) in [4.78, 5) is 23.5. The van der Waals surface area contributed by atoms with Gasteiger partial charge < -0.3 is 15.5 Å². The lowest BCUT2D eigenvalue weighted by Crippen LogP contribution is -2.44. The second-order valence-electron chi connectivity index (χ2n) is 5.41. The zero-order valence-corrected chi connectivity index (χ0v) is 12.8. The van der Waals surface area contributed by atoms with E-state index in [-0.39, 0.29) is 6.42 Å². The third-order valence-electron chi connectivity index (χ3n) is 3.50. The van der Waals surface area contributed by atoms with Gasteiger partial charge in [-0.3, -0.25) is 4.79 Å². The number of hydrogen-bond donors (Lipinski definition) is 3. The predicted molar refractivity (Wildman–Crippen MR) is 85.9 cm³/mol. The quantitative estimate of drug-likeness (QED) is 0.759. The zero-order valence-electron chi connectivity index (χ0n) is 12.8. The van der Waals surface area contributed by atoms with E-state index in [1.165, 1.54) is 0 Å². The van der Waals surface area contributed by atoms with Crippen LogP contribution in [0.25, 0.3) is 0 Å². The average Bonchev–Trinajstić information content (AvgIpc) is 2.54. The van der Waals surface area contributed by atoms with Gasteiger partial charge in [0.2, 0.25) is 0 Å². The molecule has 0 heterocycles. The molecule has 1 amide bonds. The van der Waals surface area contributed by atoms with Gasteiger partial charge in [-0.25, -0.2) is 4.79 Å². The van der Waals surface area contributed by atoms with Gasteiger partial charge in [0, 0.05) is 6.42 Å². The Balaban J connectivity index is 2.07. The summed E-state index contributed by atoms with van der Waals surface area (Å²) in [6.07, 6.45) is -1.24. The summed E-state index contributed by atoms with van der Waals surface area (Å²) in [7, 11) is 0. The molecule has 120 valence electrons. The van der Waals surface area contributed by atoms with Crippen LogP contribution in [0, 0.1) is 6.92 Å². The minimum atomic E-state index is -1.39. The van der Waals surface area contributed by atoms with Gasteiger partial charge in [-0.1, -0.05) is 60.2 Å². The van der Waals surface area contributed by atoms with Crippen LogP contribution in [0.2, 0.25) is 0 Å². The Kier molecular flexibility index (Phi) is 5.49. The van der Waals surface area contributed by atoms with Crippen molar-refractivity contribution in [2.75, 3.05) is 0 Å². The van der Waals surface area contributed by atoms with Crippen molar-refractivity contribution >= 4 is 11.9 Å². The Morgan fingerprint density at radius 2 is 1.78 bits per heavy atom. The molecule has 5 heteroatoms. The molecule has 0 saturated heterocycles. The molecule has 5 nitrogen and oxygen atoms in total. The fraction of sp³-hybridized carbons (Fsp3) is 0.222. The number of aliphatic hydroxyl groups is 1. The van der Waals surface area contributed by atoms with E-state index in [9.17, 15) is 19.8 Å². The van der Waals surface area contributed by atoms with E-state index in [1.807, 2.05) is 31.2 Å². The van der Waals surface area contributed by atoms with Gasteiger partial charge in [-0.2, -0.15) is 0 Å². The molecule has 0 unspecified atom stereocenters. The molecular formula is C18H19NO4. The lowest BCUT2D eigenvalue weighted by molar-refractivity contribution is -0.143. The van der Waals surface area contributed by atoms with E-state index < -0.39 is 24.0 Å². The van der Waals surface area contributed by atoms with Crippen molar-refractivity contribution in [3.05, 3.63) is 71.3 Å². The molecule has 0 saturated carbocycles. The summed E-state index contributed by atoms with van der Waals surface area (Å²) in [5, 5.41) is 21.7. The molecule has 0 fully saturated rings. The number of hydrogen-bond acceptors (Lipinski definition) is 3. The number of nitrogens with one attached hydrogen (secondary N) is 1. The number of carboxylic acid groups (broad SMARTS) is 1. The first-order chi connectivity index (χ1) is 11.0. The van der Waals surface area contributed by atoms with Gasteiger partial charge in [0.1, 0.15) is 6.04 Å². The zero-order chi connectivity index (χ0) is 16.8. The molecule has 0 aromatic heterocycles. The van der Waals surface area contributed by atoms with Crippen molar-refractivity contribution in [2.45, 2.75) is 25.5 Å². The normalized spacial score (nSPS) is 13.1. The van der Waals surface area contributed by atoms with Gasteiger partial charge >= 0.3 is 5.97 Å². The Labute approximate surface area is 134 Å². The highest BCUT2D eigenvalue weighted by molar-refractivity contribution is 5.87. The molecule has 0 bridgehead atoms. The number of carbonyl (C=O) groups excluding carboxylic acids is 1. The minimum Gasteiger partial charge on any atom is -0.480 e. The van der Waals surface area contributed by atoms with E-state index in [2.05, 4.69) is 5.32 Å². The number of amides is 1. The van der Waals surface area contributed by atoms with Crippen LogP contribution in [0.4, 0.5) is 0 Å². The van der Waals surface area contributed by atoms with E-state index in [0.717, 1.165) is 11.1 Å². The average molecular weight is 313 g/mol. The molecule has 2 rings (SSSR count). The highest BCUT2D eigenvalue weighted by atomic mass is 16.4. The van der Waals surface area contributed by atoms with Crippen molar-refractivity contribution in [2.24, 2.45) is 0 Å². The largest absolute Gasteiger partial charge is 0.480 e. The lowest BCUT2D eigenvalue weighted by atomic mass is 10.0. The smallest absolute Gasteiger partial charge is 0.326 e. The first-order valence-electron chi connectivity index (χ1n) is 7.29. The van der Waals surface area contributed by atoms with Crippen LogP contribution < -0.4 is 5.32 Å². The number of rotatable bonds is 6. The van der Waals surface area contributed by atoms with Crippen LogP contribution in [0.15, 0.2) is 54.6 Å². The fourth-order valence-corrected chi connectivity index (χ4v) is 2.31. The highest BCUT2D eigenvalue weighted by Gasteiger charge is 2.25. The van der Waals surface area contributed by atoms with Crippen LogP contribution in [-0.4, -0.2) is 28.1 Å². The maximum Gasteiger partial charge on any atom is 0.326 e. The summed E-state index contributed by atoms with van der Waals surface area (Å²) in [5.41, 5.74) is 2.25. The topological polar surface area (TPSA) is 86.6 Å². The van der Waals surface area contributed by atoms with Crippen molar-refractivity contribution < 1.29 is 19.8 Å². The Morgan fingerprint density at radius 1 is 1.09 bits per heavy atom. The van der Waals surface area contributed by atoms with Gasteiger partial charge in [0.05, 0.1) is 0 Å². The van der Waals surface area contributed by atoms with E-state index in [0.29, 0.717) is 5.56 Å². The summed E-state index contributed by atoms with van der Waals surface area (Å²) < 4.78 is 0. The second-order valence-corrected chi connectivity index (χ2v) is 5.41. The standard InChI is InChI=1S/C18H19NO4/c1-12-6-5-7-13(10-12)11-15(18(22)23)19-17(21)16(20)14-8-3-2-4-9-14/h2-10,15-16,20H,11H2,1H3,(H,19,21)(H,22,23)/t15-,16-/m0/s1. The van der Waals surface area contributed by atoms with Crippen LogP contribution in [0.3, 0.4) is 0 Å². The number of carbonyl (C=O) groups is 2. The molecule has 0 aliphatic heterocycles. The SMILES string of the molecule is Cc1cccc(C[C@H](NC(=O)[C@@H](O)c2ccccc2)C(=O)O)c1. The van der Waals surface area contributed by atoms with Gasteiger partial charge in [0.15, 0.2) is 6.10 Å². The number of aliphatic hydroxyl groups excluding tert-OH is 1. The van der Waals surface area contributed by atoms with Gasteiger partial charge in [-0.05, 0) is 18.1 Å². The Bertz CT molecular complexity index is 684. The maximum absolute atomic E-state index is 12.1. The fourth-order valence-electron chi connectivity index (χ4n) is 2.31. The second kappa shape index (κ2) is 7.56. The molecule has 2 aromatic rings. The third kappa shape index (κ3) is 4.66. The van der Waals surface area contributed by atoms with Crippen molar-refractivity contribution in [3.8, 4) is 0 Å². The van der Waals surface area contributed by atoms with Crippen LogP contribution in [-0.2, 0) is 16.0 Å². The summed E-state index contributed by atoms with van der Waals surface area (Å²) in [5.74, 6) is -1.86. The maximum atomic E-state index is 12.1. The van der Waals surface area contributed by atoms with Crippen molar-refractivity contribution in [1.82, 2.24) is 5.32 Å². The van der Waals surface area contributed by atoms with Gasteiger partial charge in [0.25, 0.3) is 5.91 Å². The molecule has 2 aromatic carbocycles. The Morgan fingerprint density at radius 3 is 2.39 bits per heavy atom. The van der Waals surface area contributed by atoms with Crippen LogP contribution >= 0.6 is 0 Å². The molecular weight excluding hydrogens is 294 g/mol. The monoisotopic (exact) mass is 313 g/mol. The highest BCUT2D eigenvalue weighted by Crippen LogP contribution is 2.13. The van der Waals surface area contributed by atoms with Gasteiger partial charge in [-0.15, -0.1) is 0 Å². The summed E-state index contributed by atoms with van der Waals surface area (Å²) >= 11 is 0. The van der Waals surface area contributed by atoms with Crippen LogP contribution in [0.1, 0.15) is 22.8 Å². The predicted octanol–water partition coefficient (Wildman–Crippen LogP) is 1.84. The van der Waals surface area contributed by atoms with E-state index in [1.54, 1.807) is 30.3 Å². The van der Waals surface area contributed by atoms with Crippen LogP contribution in [0.5, 0.6) is 0 Å². The minimum absolute atomic E-state index is 0.157. The van der Waals surface area contributed by atoms with Crippen molar-refractivity contribution in [1.29, 1.82) is 0 Å². The molecule has 23 heavy (non-hydrogen) atoms. The lowest BCUT2D eigenvalue weighted by Gasteiger charge is -2.18. The summed E-state index contributed by atoms with van der Waals surface area (Å²) in [6, 6.07) is 14.7. The first kappa shape index (κ1) is 16.7. The molecule has 0 radical (unpaired) electrons. The van der Waals surface area contributed by atoms with E-state index >= 15 is 0 Å². The first-order valence-corrected chi connectivity index (χ1v) is 7.29. The molecule has 2 atom stereocenters. The summed E-state index contributed by atoms with van der Waals surface area (Å²) in [6.45, 7) is 1.91. The number of aryl methyl sites for hydroxylation is 1. The molecule has 0 spiro atoms. The molecule has 0 aliphatic rings. The Hall–Kier alpha value is -2.66. The number of aliphatic carboxylic acids is 1. The number of carboxylic acids is 1. The van der Waals surface area contributed by atoms with Crippen molar-refractivity contribution in [3.63, 3.8) is 0 Å². The molecule has 3 N–H and O–H groups in total. The van der Waals surface area contributed by atoms with E-state index in [4.69, 9.17) is 0 Å².